The molecule has 3 aliphatic rings. The van der Waals surface area contributed by atoms with Crippen molar-refractivity contribution in [3.05, 3.63) is 11.6 Å². The molecule has 8 heteroatoms. The molecule has 8 nitrogen and oxygen atoms in total. The zero-order chi connectivity index (χ0) is 32.4. The largest absolute Gasteiger partial charge is 0.455 e. The molecule has 0 aromatic heterocycles. The lowest BCUT2D eigenvalue weighted by atomic mass is 9.98. The number of esters is 1. The Balaban J connectivity index is 1.17. The number of rotatable bonds is 25. The molecule has 3 aliphatic heterocycles. The van der Waals surface area contributed by atoms with E-state index in [1.807, 2.05) is 13.0 Å². The molecule has 0 spiro atoms. The van der Waals surface area contributed by atoms with E-state index in [1.54, 1.807) is 0 Å². The summed E-state index contributed by atoms with van der Waals surface area (Å²) in [7, 11) is 0. The molecule has 0 bridgehead atoms. The highest BCUT2D eigenvalue weighted by Gasteiger charge is 2.36. The standard InChI is InChI=1S/C37H66O8/c1-3-4-5-8-12-16-29(38)17-14-19-31(39)35-24-25-36(45-35)33(41)22-21-32(40)34-23-20-30(44-34)18-13-10-7-6-9-11-15-28-26-27(2)43-37(28)42/h26-27,29-36,38-41H,3-25H2,1-2H3/t27-,29+,30?,31-,32+,33+,34?,35?,36?/m0/s1. The highest BCUT2D eigenvalue weighted by atomic mass is 16.5. The Bertz CT molecular complexity index is 833. The van der Waals surface area contributed by atoms with Gasteiger partial charge in [-0.3, -0.25) is 0 Å². The summed E-state index contributed by atoms with van der Waals surface area (Å²) < 4.78 is 17.4. The second-order valence-corrected chi connectivity index (χ2v) is 14.2. The number of carbonyl (C=O) groups is 1. The lowest BCUT2D eigenvalue weighted by Gasteiger charge is -2.24. The number of aliphatic hydroxyl groups excluding tert-OH is 4. The molecule has 3 rings (SSSR count). The number of unbranched alkanes of at least 4 members (excludes halogenated alkanes) is 9. The van der Waals surface area contributed by atoms with Crippen molar-refractivity contribution in [3.8, 4) is 0 Å². The first-order valence-electron chi connectivity index (χ1n) is 18.7. The molecule has 3 heterocycles. The second kappa shape index (κ2) is 21.8. The molecule has 2 fully saturated rings. The molecule has 0 saturated carbocycles. The van der Waals surface area contributed by atoms with Crippen molar-refractivity contribution in [2.24, 2.45) is 0 Å². The van der Waals surface area contributed by atoms with Crippen LogP contribution >= 0.6 is 0 Å². The van der Waals surface area contributed by atoms with E-state index in [0.29, 0.717) is 32.1 Å². The van der Waals surface area contributed by atoms with E-state index >= 15 is 0 Å². The van der Waals surface area contributed by atoms with Crippen molar-refractivity contribution >= 4 is 5.97 Å². The van der Waals surface area contributed by atoms with Gasteiger partial charge in [0.05, 0.1) is 48.8 Å². The molecule has 0 aromatic rings. The van der Waals surface area contributed by atoms with E-state index < -0.39 is 18.3 Å². The minimum atomic E-state index is -0.657. The van der Waals surface area contributed by atoms with Crippen molar-refractivity contribution in [2.75, 3.05) is 0 Å². The maximum absolute atomic E-state index is 11.7. The van der Waals surface area contributed by atoms with Crippen molar-refractivity contribution in [3.63, 3.8) is 0 Å². The predicted molar refractivity (Wildman–Crippen MR) is 177 cm³/mol. The molecule has 0 radical (unpaired) electrons. The summed E-state index contributed by atoms with van der Waals surface area (Å²) in [5.74, 6) is -0.145. The van der Waals surface area contributed by atoms with Crippen LogP contribution in [0.25, 0.3) is 0 Å². The molecule has 9 atom stereocenters. The van der Waals surface area contributed by atoms with Gasteiger partial charge in [-0.2, -0.15) is 0 Å². The van der Waals surface area contributed by atoms with Gasteiger partial charge >= 0.3 is 5.97 Å². The first-order valence-corrected chi connectivity index (χ1v) is 18.7. The minimum Gasteiger partial charge on any atom is -0.455 e. The monoisotopic (exact) mass is 638 g/mol. The number of hydrogen-bond acceptors (Lipinski definition) is 8. The Morgan fingerprint density at radius 3 is 1.89 bits per heavy atom. The fourth-order valence-corrected chi connectivity index (χ4v) is 7.28. The van der Waals surface area contributed by atoms with Crippen LogP contribution in [0, 0.1) is 0 Å². The summed E-state index contributed by atoms with van der Waals surface area (Å²) in [5.41, 5.74) is 0.838. The Hall–Kier alpha value is -1.03. The molecular formula is C37H66O8. The van der Waals surface area contributed by atoms with Gasteiger partial charge in [0, 0.05) is 5.57 Å². The van der Waals surface area contributed by atoms with Crippen LogP contribution < -0.4 is 0 Å². The molecule has 0 amide bonds. The maximum Gasteiger partial charge on any atom is 0.334 e. The van der Waals surface area contributed by atoms with Gasteiger partial charge in [0.1, 0.15) is 6.10 Å². The quantitative estimate of drug-likeness (QED) is 0.0634. The third-order valence-electron chi connectivity index (χ3n) is 10.2. The van der Waals surface area contributed by atoms with Gasteiger partial charge in [0.25, 0.3) is 0 Å². The van der Waals surface area contributed by atoms with E-state index in [4.69, 9.17) is 14.2 Å². The Morgan fingerprint density at radius 2 is 1.22 bits per heavy atom. The van der Waals surface area contributed by atoms with Crippen LogP contribution in [0.1, 0.15) is 162 Å². The van der Waals surface area contributed by atoms with E-state index in [-0.39, 0.29) is 42.6 Å². The summed E-state index contributed by atoms with van der Waals surface area (Å²) in [5, 5.41) is 42.4. The van der Waals surface area contributed by atoms with Crippen LogP contribution in [0.4, 0.5) is 0 Å². The van der Waals surface area contributed by atoms with Crippen LogP contribution in [-0.4, -0.2) is 81.3 Å². The van der Waals surface area contributed by atoms with Crippen LogP contribution in [0.15, 0.2) is 11.6 Å². The molecule has 45 heavy (non-hydrogen) atoms. The molecule has 4 N–H and O–H groups in total. The summed E-state index contributed by atoms with van der Waals surface area (Å²) in [6.07, 6.45) is 21.1. The topological polar surface area (TPSA) is 126 Å². The fourth-order valence-electron chi connectivity index (χ4n) is 7.28. The first kappa shape index (κ1) is 38.4. The van der Waals surface area contributed by atoms with Gasteiger partial charge < -0.3 is 34.6 Å². The molecule has 262 valence electrons. The Labute approximate surface area is 273 Å². The summed E-state index contributed by atoms with van der Waals surface area (Å²) >= 11 is 0. The summed E-state index contributed by atoms with van der Waals surface area (Å²) in [6.45, 7) is 4.10. The van der Waals surface area contributed by atoms with Crippen molar-refractivity contribution in [1.82, 2.24) is 0 Å². The molecule has 4 unspecified atom stereocenters. The average Bonchev–Trinajstić information content (AvgIpc) is 3.77. The predicted octanol–water partition coefficient (Wildman–Crippen LogP) is 6.83. The molecule has 0 aliphatic carbocycles. The fraction of sp³-hybridized carbons (Fsp3) is 0.919. The number of hydrogen-bond donors (Lipinski definition) is 4. The third-order valence-corrected chi connectivity index (χ3v) is 10.2. The van der Waals surface area contributed by atoms with Crippen LogP contribution in [0.5, 0.6) is 0 Å². The lowest BCUT2D eigenvalue weighted by molar-refractivity contribution is -0.139. The smallest absolute Gasteiger partial charge is 0.334 e. The van der Waals surface area contributed by atoms with Gasteiger partial charge in [-0.1, -0.05) is 71.1 Å². The lowest BCUT2D eigenvalue weighted by Crippen LogP contribution is -2.33. The zero-order valence-corrected chi connectivity index (χ0v) is 28.5. The highest BCUT2D eigenvalue weighted by Crippen LogP contribution is 2.31. The SMILES string of the molecule is CCCCCCC[C@@H](O)CCC[C@H](O)C1CCC([C@H](O)CC[C@@H](O)C2CCC(CCCCCCCCC3=C[C@H](C)OC3=O)O2)O1. The highest BCUT2D eigenvalue weighted by molar-refractivity contribution is 5.90. The zero-order valence-electron chi connectivity index (χ0n) is 28.5. The maximum atomic E-state index is 11.7. The number of cyclic esters (lactones) is 1. The normalized spacial score (nSPS) is 27.8. The van der Waals surface area contributed by atoms with Crippen LogP contribution in [-0.2, 0) is 19.0 Å². The van der Waals surface area contributed by atoms with Crippen LogP contribution in [0.3, 0.4) is 0 Å². The Morgan fingerprint density at radius 1 is 0.667 bits per heavy atom. The molecule has 2 saturated heterocycles. The second-order valence-electron chi connectivity index (χ2n) is 14.2. The third kappa shape index (κ3) is 14.7. The summed E-state index contributed by atoms with van der Waals surface area (Å²) in [4.78, 5) is 11.7. The van der Waals surface area contributed by atoms with Crippen molar-refractivity contribution in [2.45, 2.75) is 216 Å². The van der Waals surface area contributed by atoms with Crippen molar-refractivity contribution in [1.29, 1.82) is 0 Å². The van der Waals surface area contributed by atoms with E-state index in [1.165, 1.54) is 44.9 Å². The van der Waals surface area contributed by atoms with Gasteiger partial charge in [0.15, 0.2) is 0 Å². The number of ether oxygens (including phenoxy) is 3. The Kier molecular flexibility index (Phi) is 18.6. The average molecular weight is 639 g/mol. The van der Waals surface area contributed by atoms with E-state index in [2.05, 4.69) is 6.92 Å². The van der Waals surface area contributed by atoms with E-state index in [9.17, 15) is 25.2 Å². The minimum absolute atomic E-state index is 0.0738. The summed E-state index contributed by atoms with van der Waals surface area (Å²) in [6, 6.07) is 0. The van der Waals surface area contributed by atoms with E-state index in [0.717, 1.165) is 76.2 Å². The molecule has 0 aromatic carbocycles. The number of aliphatic hydroxyl groups is 4. The van der Waals surface area contributed by atoms with Crippen molar-refractivity contribution < 1.29 is 39.4 Å². The van der Waals surface area contributed by atoms with Gasteiger partial charge in [-0.15, -0.1) is 0 Å². The van der Waals surface area contributed by atoms with Gasteiger partial charge in [0.2, 0.25) is 0 Å². The van der Waals surface area contributed by atoms with Gasteiger partial charge in [-0.05, 0) is 96.5 Å². The van der Waals surface area contributed by atoms with Gasteiger partial charge in [-0.25, -0.2) is 4.79 Å². The molecular weight excluding hydrogens is 572 g/mol. The van der Waals surface area contributed by atoms with Crippen LogP contribution in [0.2, 0.25) is 0 Å². The first-order chi connectivity index (χ1) is 21.8. The number of carbonyl (C=O) groups excluding carboxylic acids is 1.